The first kappa shape index (κ1) is 23.9. The summed E-state index contributed by atoms with van der Waals surface area (Å²) >= 11 is 0. The van der Waals surface area contributed by atoms with Crippen molar-refractivity contribution >= 4 is 28.5 Å². The second kappa shape index (κ2) is 9.21. The van der Waals surface area contributed by atoms with E-state index in [1.54, 1.807) is 0 Å². The van der Waals surface area contributed by atoms with Crippen molar-refractivity contribution in [3.05, 3.63) is 69.9 Å². The topological polar surface area (TPSA) is 68.3 Å². The Morgan fingerprint density at radius 2 is 1.76 bits per heavy atom. The predicted molar refractivity (Wildman–Crippen MR) is 136 cm³/mol. The molecule has 0 spiro atoms. The Kier molecular flexibility index (Phi) is 6.48. The summed E-state index contributed by atoms with van der Waals surface area (Å²) in [5, 5.41) is 3.69. The zero-order valence-electron chi connectivity index (χ0n) is 21.0. The van der Waals surface area contributed by atoms with Gasteiger partial charge in [0.1, 0.15) is 0 Å². The zero-order valence-corrected chi connectivity index (χ0v) is 21.0. The minimum Gasteiger partial charge on any atom is -0.452 e. The largest absolute Gasteiger partial charge is 0.452 e. The Balaban J connectivity index is 1.60. The Morgan fingerprint density at radius 3 is 2.44 bits per heavy atom. The third-order valence-corrected chi connectivity index (χ3v) is 6.96. The quantitative estimate of drug-likeness (QED) is 0.479. The average Bonchev–Trinajstić information content (AvgIpc) is 2.77. The number of esters is 1. The molecular formula is C29H34N2O3. The number of hydrogen-bond acceptors (Lipinski definition) is 4. The molecule has 0 radical (unpaired) electrons. The van der Waals surface area contributed by atoms with Crippen molar-refractivity contribution in [3.63, 3.8) is 0 Å². The van der Waals surface area contributed by atoms with E-state index in [4.69, 9.17) is 9.72 Å². The van der Waals surface area contributed by atoms with Crippen LogP contribution in [0.3, 0.4) is 0 Å². The number of ether oxygens (including phenoxy) is 1. The number of nitrogens with one attached hydrogen (secondary N) is 1. The SMILES string of the molecule is Cc1cc(C)c(NC(=O)COC(=O)c2c3c(nc4ccccc24)CCC(C(C)(C)C)C3)c(C)c1. The molecule has 0 fully saturated rings. The number of para-hydroxylation sites is 1. The molecule has 1 aliphatic rings. The summed E-state index contributed by atoms with van der Waals surface area (Å²) in [6, 6.07) is 11.7. The van der Waals surface area contributed by atoms with E-state index in [-0.39, 0.29) is 17.9 Å². The second-order valence-electron chi connectivity index (χ2n) is 10.6. The van der Waals surface area contributed by atoms with Crippen LogP contribution >= 0.6 is 0 Å². The molecule has 1 N–H and O–H groups in total. The first-order valence-corrected chi connectivity index (χ1v) is 12.0. The number of benzene rings is 2. The molecule has 5 nitrogen and oxygen atoms in total. The van der Waals surface area contributed by atoms with Crippen molar-refractivity contribution in [2.24, 2.45) is 11.3 Å². The van der Waals surface area contributed by atoms with Crippen LogP contribution in [-0.4, -0.2) is 23.5 Å². The van der Waals surface area contributed by atoms with E-state index in [1.807, 2.05) is 57.2 Å². The Morgan fingerprint density at radius 1 is 1.09 bits per heavy atom. The van der Waals surface area contributed by atoms with Crippen molar-refractivity contribution in [1.29, 1.82) is 0 Å². The van der Waals surface area contributed by atoms with Gasteiger partial charge in [-0.1, -0.05) is 56.7 Å². The molecule has 34 heavy (non-hydrogen) atoms. The molecule has 0 bridgehead atoms. The van der Waals surface area contributed by atoms with Gasteiger partial charge in [0.2, 0.25) is 0 Å². The summed E-state index contributed by atoms with van der Waals surface area (Å²) in [4.78, 5) is 30.9. The first-order valence-electron chi connectivity index (χ1n) is 12.0. The summed E-state index contributed by atoms with van der Waals surface area (Å²) in [7, 11) is 0. The molecule has 1 unspecified atom stereocenters. The number of pyridine rings is 1. The smallest absolute Gasteiger partial charge is 0.339 e. The van der Waals surface area contributed by atoms with E-state index < -0.39 is 5.97 Å². The molecule has 0 aliphatic heterocycles. The molecule has 4 rings (SSSR count). The molecule has 1 aromatic heterocycles. The Hall–Kier alpha value is -3.21. The van der Waals surface area contributed by atoms with Gasteiger partial charge in [0.25, 0.3) is 5.91 Å². The summed E-state index contributed by atoms with van der Waals surface area (Å²) in [6.45, 7) is 12.3. The lowest BCUT2D eigenvalue weighted by Gasteiger charge is -2.35. The zero-order chi connectivity index (χ0) is 24.6. The van der Waals surface area contributed by atoms with Crippen LogP contribution in [0.4, 0.5) is 5.69 Å². The maximum Gasteiger partial charge on any atom is 0.339 e. The number of aryl methyl sites for hydroxylation is 4. The van der Waals surface area contributed by atoms with E-state index in [2.05, 4.69) is 26.1 Å². The van der Waals surface area contributed by atoms with Gasteiger partial charge >= 0.3 is 5.97 Å². The maximum atomic E-state index is 13.4. The van der Waals surface area contributed by atoms with Crippen molar-refractivity contribution in [2.45, 2.75) is 60.8 Å². The fraction of sp³-hybridized carbons (Fsp3) is 0.414. The fourth-order valence-corrected chi connectivity index (χ4v) is 5.12. The van der Waals surface area contributed by atoms with Crippen LogP contribution in [0.25, 0.3) is 10.9 Å². The van der Waals surface area contributed by atoms with E-state index >= 15 is 0 Å². The molecule has 2 aromatic carbocycles. The molecule has 1 amide bonds. The highest BCUT2D eigenvalue weighted by molar-refractivity contribution is 6.06. The number of anilines is 1. The van der Waals surface area contributed by atoms with Crippen LogP contribution in [0.15, 0.2) is 36.4 Å². The van der Waals surface area contributed by atoms with Crippen LogP contribution in [0, 0.1) is 32.1 Å². The van der Waals surface area contributed by atoms with E-state index in [0.29, 0.717) is 11.5 Å². The number of nitrogens with zero attached hydrogens (tertiary/aromatic N) is 1. The average molecular weight is 459 g/mol. The molecule has 178 valence electrons. The minimum absolute atomic E-state index is 0.133. The van der Waals surface area contributed by atoms with Crippen LogP contribution in [0.1, 0.15) is 65.5 Å². The van der Waals surface area contributed by atoms with E-state index in [9.17, 15) is 9.59 Å². The lowest BCUT2D eigenvalue weighted by molar-refractivity contribution is -0.119. The summed E-state index contributed by atoms with van der Waals surface area (Å²) in [6.07, 6.45) is 2.68. The highest BCUT2D eigenvalue weighted by atomic mass is 16.5. The molecule has 1 atom stereocenters. The van der Waals surface area contributed by atoms with Gasteiger partial charge in [-0.2, -0.15) is 0 Å². The van der Waals surface area contributed by atoms with Crippen molar-refractivity contribution in [1.82, 2.24) is 4.98 Å². The second-order valence-corrected chi connectivity index (χ2v) is 10.6. The van der Waals surface area contributed by atoms with Crippen molar-refractivity contribution < 1.29 is 14.3 Å². The third kappa shape index (κ3) is 4.84. The molecule has 3 aromatic rings. The highest BCUT2D eigenvalue weighted by Crippen LogP contribution is 2.39. The molecule has 1 aliphatic carbocycles. The van der Waals surface area contributed by atoms with Gasteiger partial charge < -0.3 is 10.1 Å². The standard InChI is InChI=1S/C29H34N2O3/c1-17-13-18(2)27(19(3)14-17)31-25(32)16-34-28(33)26-21-9-7-8-10-23(21)30-24-12-11-20(15-22(24)26)29(4,5)6/h7-10,13-14,20H,11-12,15-16H2,1-6H3,(H,31,32). The normalized spacial score (nSPS) is 15.6. The van der Waals surface area contributed by atoms with Crippen LogP contribution < -0.4 is 5.32 Å². The highest BCUT2D eigenvalue weighted by Gasteiger charge is 2.33. The summed E-state index contributed by atoms with van der Waals surface area (Å²) in [5.41, 5.74) is 7.31. The number of aromatic nitrogens is 1. The van der Waals surface area contributed by atoms with Gasteiger partial charge in [0.05, 0.1) is 11.1 Å². The van der Waals surface area contributed by atoms with Gasteiger partial charge in [0, 0.05) is 16.8 Å². The molecular weight excluding hydrogens is 424 g/mol. The molecule has 1 heterocycles. The minimum atomic E-state index is -0.461. The van der Waals surface area contributed by atoms with Crippen molar-refractivity contribution in [3.8, 4) is 0 Å². The predicted octanol–water partition coefficient (Wildman–Crippen LogP) is 6.11. The Labute approximate surface area is 201 Å². The van der Waals surface area contributed by atoms with Gasteiger partial charge in [-0.3, -0.25) is 9.78 Å². The van der Waals surface area contributed by atoms with Gasteiger partial charge in [0.15, 0.2) is 6.61 Å². The lowest BCUT2D eigenvalue weighted by atomic mass is 9.70. The van der Waals surface area contributed by atoms with Gasteiger partial charge in [-0.25, -0.2) is 4.79 Å². The first-order chi connectivity index (χ1) is 16.0. The molecule has 0 saturated carbocycles. The van der Waals surface area contributed by atoms with Gasteiger partial charge in [-0.15, -0.1) is 0 Å². The Bertz CT molecular complexity index is 1250. The van der Waals surface area contributed by atoms with E-state index in [1.165, 1.54) is 0 Å². The van der Waals surface area contributed by atoms with Crippen LogP contribution in [0.2, 0.25) is 0 Å². The monoisotopic (exact) mass is 458 g/mol. The number of fused-ring (bicyclic) bond motifs is 2. The van der Waals surface area contributed by atoms with Gasteiger partial charge in [-0.05, 0) is 74.1 Å². The number of amides is 1. The molecule has 0 saturated heterocycles. The lowest BCUT2D eigenvalue weighted by Crippen LogP contribution is -2.29. The van der Waals surface area contributed by atoms with Crippen LogP contribution in [0.5, 0.6) is 0 Å². The third-order valence-electron chi connectivity index (χ3n) is 6.96. The van der Waals surface area contributed by atoms with Crippen molar-refractivity contribution in [2.75, 3.05) is 11.9 Å². The number of rotatable bonds is 4. The summed E-state index contributed by atoms with van der Waals surface area (Å²) < 4.78 is 5.58. The summed E-state index contributed by atoms with van der Waals surface area (Å²) in [5.74, 6) is -0.356. The number of hydrogen-bond donors (Lipinski definition) is 1. The maximum absolute atomic E-state index is 13.4. The van der Waals surface area contributed by atoms with E-state index in [0.717, 1.165) is 63.8 Å². The fourth-order valence-electron chi connectivity index (χ4n) is 5.12. The molecule has 5 heteroatoms. The van der Waals surface area contributed by atoms with Crippen LogP contribution in [-0.2, 0) is 22.4 Å². The number of carbonyl (C=O) groups is 2. The number of carbonyl (C=O) groups excluding carboxylic acids is 2.